The molecule has 2 aliphatic heterocycles. The van der Waals surface area contributed by atoms with Crippen LogP contribution in [0.2, 0.25) is 5.02 Å². The van der Waals surface area contributed by atoms with Crippen molar-refractivity contribution in [3.8, 4) is 0 Å². The smallest absolute Gasteiger partial charge is 0.325 e. The molecule has 4 N–H and O–H groups in total. The maximum atomic E-state index is 14.3. The predicted molar refractivity (Wildman–Crippen MR) is 277 cm³/mol. The maximum absolute atomic E-state index is 14.3. The Morgan fingerprint density at radius 1 is 0.671 bits per heavy atom. The van der Waals surface area contributed by atoms with Crippen molar-refractivity contribution in [3.63, 3.8) is 0 Å². The highest BCUT2D eigenvalue weighted by molar-refractivity contribution is 6.30. The van der Waals surface area contributed by atoms with E-state index in [1.807, 2.05) is 32.9 Å². The zero-order valence-corrected chi connectivity index (χ0v) is 42.3. The van der Waals surface area contributed by atoms with Gasteiger partial charge in [-0.05, 0) is 148 Å². The van der Waals surface area contributed by atoms with Gasteiger partial charge in [0.25, 0.3) is 0 Å². The number of carbonyl (C=O) groups excluding carboxylic acids is 4. The Labute approximate surface area is 418 Å². The van der Waals surface area contributed by atoms with E-state index in [0.29, 0.717) is 54.0 Å². The Morgan fingerprint density at radius 2 is 1.13 bits per heavy atom. The summed E-state index contributed by atoms with van der Waals surface area (Å²) in [7, 11) is 0. The lowest BCUT2D eigenvalue weighted by molar-refractivity contribution is -0.109. The molecule has 2 atom stereocenters. The number of halogens is 2. The number of aryl methyl sites for hydroxylation is 1. The van der Waals surface area contributed by atoms with Crippen LogP contribution in [0.4, 0.5) is 48.2 Å². The van der Waals surface area contributed by atoms with Crippen LogP contribution in [0.3, 0.4) is 0 Å². The fraction of sp³-hybridized carbons (Fsp3) is 0.537. The van der Waals surface area contributed by atoms with Gasteiger partial charge in [-0.1, -0.05) is 56.6 Å². The number of hydrogen-bond acceptors (Lipinski definition) is 10. The van der Waals surface area contributed by atoms with E-state index in [-0.39, 0.29) is 28.6 Å². The first kappa shape index (κ1) is 53.8. The van der Waals surface area contributed by atoms with Crippen molar-refractivity contribution in [1.82, 2.24) is 5.16 Å². The first-order valence-corrected chi connectivity index (χ1v) is 25.8. The van der Waals surface area contributed by atoms with Gasteiger partial charge < -0.3 is 49.3 Å². The SMILES string of the molecule is CC.CCC(CC=O)c1ccc(N(CC2CC2)C2CCOCC2)c(NC(=O)Nc2cc(C)on2)c1.CCC(CC=O)c1ccc(N(CC2CC2)C2CCOCC2)c(NC(=O)Nc2ccc(Cl)cc2F)c1. The molecule has 3 aromatic carbocycles. The summed E-state index contributed by atoms with van der Waals surface area (Å²) in [6.07, 6.45) is 13.2. The molecule has 4 aromatic rings. The Kier molecular flexibility index (Phi) is 20.9. The summed E-state index contributed by atoms with van der Waals surface area (Å²) in [6, 6.07) is 17.9. The number of urea groups is 2. The Balaban J connectivity index is 0.000000222. The summed E-state index contributed by atoms with van der Waals surface area (Å²) in [5, 5.41) is 15.5. The van der Waals surface area contributed by atoms with Gasteiger partial charge >= 0.3 is 12.1 Å². The number of carbonyl (C=O) groups is 4. The molecule has 380 valence electrons. The highest BCUT2D eigenvalue weighted by atomic mass is 35.5. The van der Waals surface area contributed by atoms with Crippen molar-refractivity contribution in [2.75, 3.05) is 70.6 Å². The molecule has 2 unspecified atom stereocenters. The van der Waals surface area contributed by atoms with Gasteiger partial charge in [0, 0.05) is 75.5 Å². The van der Waals surface area contributed by atoms with Gasteiger partial charge in [0.15, 0.2) is 5.82 Å². The minimum absolute atomic E-state index is 0.0521. The number of ether oxygens (including phenoxy) is 2. The van der Waals surface area contributed by atoms with E-state index in [0.717, 1.165) is 125 Å². The van der Waals surface area contributed by atoms with Crippen LogP contribution in [-0.2, 0) is 19.1 Å². The van der Waals surface area contributed by atoms with Gasteiger partial charge in [0.2, 0.25) is 0 Å². The Bertz CT molecular complexity index is 2310. The third kappa shape index (κ3) is 15.7. The second kappa shape index (κ2) is 27.2. The third-order valence-corrected chi connectivity index (χ3v) is 13.7. The molecule has 4 fully saturated rings. The zero-order chi connectivity index (χ0) is 50.0. The first-order chi connectivity index (χ1) is 34.0. The molecular formula is C54H73ClFN7O7. The quantitative estimate of drug-likeness (QED) is 0.0626. The molecule has 1 aromatic heterocycles. The van der Waals surface area contributed by atoms with Crippen molar-refractivity contribution in [2.45, 2.75) is 136 Å². The maximum Gasteiger partial charge on any atom is 0.325 e. The standard InChI is InChI=1S/C27H33ClFN3O3.C25H34N4O4.C2H6/c1-2-19(9-12-33)20-5-8-26(32(17-18-3-4-18)22-10-13-35-14-11-22)25(15-20)31-27(34)30-24-7-6-21(28)16-23(24)29;1-3-19(8-11-30)20-6-7-23(29(16-18-4-5-18)21-9-12-32-13-10-21)22(15-20)26-25(31)27-24-14-17(2)33-28-24;1-2/h5-8,12,15-16,18-19,22H,2-4,9-11,13-14,17H2,1H3,(H2,30,31,34);6-7,11,14-15,18-19,21H,3-5,8-10,12-13,16H2,1-2H3,(H2,26,27,28,31);1-2H3. The van der Waals surface area contributed by atoms with Gasteiger partial charge in [-0.2, -0.15) is 0 Å². The number of aromatic nitrogens is 1. The topological polar surface area (TPSA) is 167 Å². The summed E-state index contributed by atoms with van der Waals surface area (Å²) in [6.45, 7) is 14.8. The van der Waals surface area contributed by atoms with Gasteiger partial charge in [0.05, 0.1) is 28.4 Å². The number of amides is 4. The number of rotatable bonds is 20. The number of benzene rings is 3. The minimum atomic E-state index is -0.601. The van der Waals surface area contributed by atoms with E-state index in [1.54, 1.807) is 13.0 Å². The third-order valence-electron chi connectivity index (χ3n) is 13.5. The lowest BCUT2D eigenvalue weighted by Crippen LogP contribution is -2.41. The van der Waals surface area contributed by atoms with Crippen LogP contribution >= 0.6 is 11.6 Å². The second-order valence-corrected chi connectivity index (χ2v) is 19.0. The van der Waals surface area contributed by atoms with Crippen molar-refractivity contribution in [3.05, 3.63) is 88.4 Å². The lowest BCUT2D eigenvalue weighted by Gasteiger charge is -2.37. The summed E-state index contributed by atoms with van der Waals surface area (Å²) < 4.78 is 30.5. The van der Waals surface area contributed by atoms with Crippen LogP contribution in [0.25, 0.3) is 0 Å². The van der Waals surface area contributed by atoms with E-state index >= 15 is 0 Å². The summed E-state index contributed by atoms with van der Waals surface area (Å²) in [5.74, 6) is 1.94. The van der Waals surface area contributed by atoms with Crippen molar-refractivity contribution < 1.29 is 37.6 Å². The highest BCUT2D eigenvalue weighted by Crippen LogP contribution is 2.41. The van der Waals surface area contributed by atoms with Crippen molar-refractivity contribution >= 4 is 70.5 Å². The zero-order valence-electron chi connectivity index (χ0n) is 41.6. The largest absolute Gasteiger partial charge is 0.381 e. The lowest BCUT2D eigenvalue weighted by atomic mass is 9.92. The molecule has 0 bridgehead atoms. The Morgan fingerprint density at radius 3 is 1.53 bits per heavy atom. The number of nitrogens with one attached hydrogen (secondary N) is 4. The number of nitrogens with zero attached hydrogens (tertiary/aromatic N) is 3. The van der Waals surface area contributed by atoms with E-state index in [4.69, 9.17) is 25.6 Å². The number of aldehydes is 2. The molecular weight excluding hydrogens is 913 g/mol. The fourth-order valence-corrected chi connectivity index (χ4v) is 9.39. The molecule has 70 heavy (non-hydrogen) atoms. The van der Waals surface area contributed by atoms with E-state index in [9.17, 15) is 23.6 Å². The van der Waals surface area contributed by atoms with Crippen LogP contribution in [0.1, 0.15) is 133 Å². The molecule has 0 radical (unpaired) electrons. The minimum Gasteiger partial charge on any atom is -0.381 e. The molecule has 8 rings (SSSR count). The van der Waals surface area contributed by atoms with E-state index < -0.39 is 11.8 Å². The second-order valence-electron chi connectivity index (χ2n) is 18.6. The summed E-state index contributed by atoms with van der Waals surface area (Å²) >= 11 is 5.84. The molecule has 2 saturated heterocycles. The molecule has 14 nitrogen and oxygen atoms in total. The van der Waals surface area contributed by atoms with Gasteiger partial charge in [0.1, 0.15) is 24.1 Å². The van der Waals surface area contributed by atoms with Crippen LogP contribution in [0.5, 0.6) is 0 Å². The van der Waals surface area contributed by atoms with E-state index in [2.05, 4.69) is 67.4 Å². The van der Waals surface area contributed by atoms with Gasteiger partial charge in [-0.25, -0.2) is 14.0 Å². The molecule has 0 spiro atoms. The highest BCUT2D eigenvalue weighted by Gasteiger charge is 2.33. The average molecular weight is 987 g/mol. The van der Waals surface area contributed by atoms with Crippen molar-refractivity contribution in [2.24, 2.45) is 11.8 Å². The molecule has 4 aliphatic rings. The molecule has 2 aliphatic carbocycles. The Hall–Kier alpha value is -5.51. The predicted octanol–water partition coefficient (Wildman–Crippen LogP) is 12.7. The average Bonchev–Trinajstić information content (AvgIpc) is 4.33. The van der Waals surface area contributed by atoms with Crippen LogP contribution in [0, 0.1) is 24.6 Å². The normalized spacial score (nSPS) is 16.8. The molecule has 16 heteroatoms. The van der Waals surface area contributed by atoms with Crippen LogP contribution < -0.4 is 31.1 Å². The molecule has 3 heterocycles. The first-order valence-electron chi connectivity index (χ1n) is 25.4. The van der Waals surface area contributed by atoms with E-state index in [1.165, 1.54) is 37.8 Å². The van der Waals surface area contributed by atoms with Crippen LogP contribution in [-0.4, -0.2) is 81.4 Å². The number of anilines is 6. The molecule has 2 saturated carbocycles. The molecule has 4 amide bonds. The fourth-order valence-electron chi connectivity index (χ4n) is 9.23. The van der Waals surface area contributed by atoms with Gasteiger partial charge in [-0.3, -0.25) is 5.32 Å². The number of hydrogen-bond donors (Lipinski definition) is 4. The van der Waals surface area contributed by atoms with Crippen LogP contribution in [0.15, 0.2) is 65.2 Å². The summed E-state index contributed by atoms with van der Waals surface area (Å²) in [5.41, 5.74) is 5.48. The van der Waals surface area contributed by atoms with Crippen molar-refractivity contribution in [1.29, 1.82) is 0 Å². The monoisotopic (exact) mass is 986 g/mol. The van der Waals surface area contributed by atoms with Gasteiger partial charge in [-0.15, -0.1) is 0 Å². The summed E-state index contributed by atoms with van der Waals surface area (Å²) in [4.78, 5) is 53.1.